The van der Waals surface area contributed by atoms with Crippen LogP contribution in [0.3, 0.4) is 0 Å². The van der Waals surface area contributed by atoms with Gasteiger partial charge in [0.2, 0.25) is 0 Å². The molecule has 2 aromatic carbocycles. The van der Waals surface area contributed by atoms with Crippen molar-refractivity contribution >= 4 is 11.6 Å². The molecule has 138 valence electrons. The van der Waals surface area contributed by atoms with Gasteiger partial charge in [-0.1, -0.05) is 6.07 Å². The highest BCUT2D eigenvalue weighted by molar-refractivity contribution is 6.04. The van der Waals surface area contributed by atoms with Crippen LogP contribution in [-0.4, -0.2) is 31.3 Å². The molecule has 0 aromatic heterocycles. The fraction of sp³-hybridized carbons (Fsp3) is 0.381. The first-order chi connectivity index (χ1) is 12.6. The van der Waals surface area contributed by atoms with Crippen molar-refractivity contribution in [1.82, 2.24) is 0 Å². The number of nitrogens with one attached hydrogen (secondary N) is 1. The van der Waals surface area contributed by atoms with Crippen LogP contribution in [0.4, 0.5) is 5.69 Å². The number of hydrogen-bond donors (Lipinski definition) is 1. The van der Waals surface area contributed by atoms with E-state index in [1.807, 2.05) is 50.2 Å². The number of benzene rings is 2. The van der Waals surface area contributed by atoms with E-state index in [1.165, 1.54) is 0 Å². The van der Waals surface area contributed by atoms with E-state index in [1.54, 1.807) is 12.1 Å². The second-order valence-electron chi connectivity index (χ2n) is 6.62. The van der Waals surface area contributed by atoms with Crippen LogP contribution in [0.15, 0.2) is 48.5 Å². The summed E-state index contributed by atoms with van der Waals surface area (Å²) in [6.45, 7) is 5.30. The summed E-state index contributed by atoms with van der Waals surface area (Å²) in [4.78, 5) is 12.4. The summed E-state index contributed by atoms with van der Waals surface area (Å²) in [5.41, 5.74) is 1.27. The molecule has 26 heavy (non-hydrogen) atoms. The third kappa shape index (κ3) is 5.23. The van der Waals surface area contributed by atoms with Gasteiger partial charge >= 0.3 is 0 Å². The summed E-state index contributed by atoms with van der Waals surface area (Å²) in [6.07, 6.45) is 2.40. The molecule has 5 heteroatoms. The highest BCUT2D eigenvalue weighted by Gasteiger charge is 2.16. The average molecular weight is 355 g/mol. The Morgan fingerprint density at radius 1 is 1.19 bits per heavy atom. The van der Waals surface area contributed by atoms with Crippen molar-refractivity contribution in [1.29, 1.82) is 0 Å². The number of ether oxygens (including phenoxy) is 3. The fourth-order valence-electron chi connectivity index (χ4n) is 2.79. The van der Waals surface area contributed by atoms with Crippen LogP contribution in [0.1, 0.15) is 37.0 Å². The van der Waals surface area contributed by atoms with Crippen LogP contribution >= 0.6 is 0 Å². The molecular formula is C21H25NO4. The molecule has 2 aromatic rings. The van der Waals surface area contributed by atoms with Gasteiger partial charge in [0.05, 0.1) is 12.2 Å². The number of carbonyl (C=O) groups excluding carboxylic acids is 1. The first kappa shape index (κ1) is 18.3. The van der Waals surface area contributed by atoms with E-state index in [2.05, 4.69) is 5.32 Å². The highest BCUT2D eigenvalue weighted by atomic mass is 16.5. The van der Waals surface area contributed by atoms with Crippen molar-refractivity contribution in [3.63, 3.8) is 0 Å². The molecule has 1 unspecified atom stereocenters. The maximum absolute atomic E-state index is 12.4. The molecule has 1 amide bonds. The minimum Gasteiger partial charge on any atom is -0.491 e. The molecule has 1 fully saturated rings. The Labute approximate surface area is 154 Å². The van der Waals surface area contributed by atoms with E-state index in [9.17, 15) is 4.79 Å². The Kier molecular flexibility index (Phi) is 6.12. The zero-order valence-corrected chi connectivity index (χ0v) is 15.2. The van der Waals surface area contributed by atoms with E-state index in [0.717, 1.165) is 30.9 Å². The number of rotatable bonds is 7. The van der Waals surface area contributed by atoms with Crippen LogP contribution in [0.25, 0.3) is 0 Å². The molecule has 1 saturated heterocycles. The molecule has 3 rings (SSSR count). The van der Waals surface area contributed by atoms with Gasteiger partial charge in [-0.05, 0) is 63.1 Å². The Bertz CT molecular complexity index is 721. The SMILES string of the molecule is CC(C)Oc1cccc(NC(=O)c2ccc(OCC3CCCO3)cc2)c1. The van der Waals surface area contributed by atoms with Crippen molar-refractivity contribution in [3.05, 3.63) is 54.1 Å². The highest BCUT2D eigenvalue weighted by Crippen LogP contribution is 2.20. The van der Waals surface area contributed by atoms with Crippen LogP contribution in [0.5, 0.6) is 11.5 Å². The van der Waals surface area contributed by atoms with Gasteiger partial charge in [0.25, 0.3) is 5.91 Å². The molecule has 0 aliphatic carbocycles. The van der Waals surface area contributed by atoms with Gasteiger partial charge in [0.15, 0.2) is 0 Å². The van der Waals surface area contributed by atoms with E-state index >= 15 is 0 Å². The summed E-state index contributed by atoms with van der Waals surface area (Å²) in [5, 5.41) is 2.89. The smallest absolute Gasteiger partial charge is 0.255 e. The number of amides is 1. The minimum absolute atomic E-state index is 0.0862. The average Bonchev–Trinajstić information content (AvgIpc) is 3.14. The van der Waals surface area contributed by atoms with E-state index < -0.39 is 0 Å². The number of hydrogen-bond acceptors (Lipinski definition) is 4. The molecule has 1 aliphatic rings. The third-order valence-corrected chi connectivity index (χ3v) is 4.04. The van der Waals surface area contributed by atoms with Gasteiger partial charge in [0.1, 0.15) is 18.1 Å². The van der Waals surface area contributed by atoms with Crippen LogP contribution in [0.2, 0.25) is 0 Å². The normalized spacial score (nSPS) is 16.5. The lowest BCUT2D eigenvalue weighted by molar-refractivity contribution is 0.0679. The molecule has 0 radical (unpaired) electrons. The molecular weight excluding hydrogens is 330 g/mol. The summed E-state index contributed by atoms with van der Waals surface area (Å²) < 4.78 is 16.9. The summed E-state index contributed by atoms with van der Waals surface area (Å²) >= 11 is 0. The number of anilines is 1. The van der Waals surface area contributed by atoms with E-state index in [4.69, 9.17) is 14.2 Å². The summed E-state index contributed by atoms with van der Waals surface area (Å²) in [5.74, 6) is 1.30. The Hall–Kier alpha value is -2.53. The zero-order chi connectivity index (χ0) is 18.4. The van der Waals surface area contributed by atoms with Crippen LogP contribution in [-0.2, 0) is 4.74 Å². The molecule has 1 heterocycles. The van der Waals surface area contributed by atoms with Crippen molar-refractivity contribution in [2.24, 2.45) is 0 Å². The molecule has 1 N–H and O–H groups in total. The predicted octanol–water partition coefficient (Wildman–Crippen LogP) is 4.28. The lowest BCUT2D eigenvalue weighted by Crippen LogP contribution is -2.16. The molecule has 0 spiro atoms. The lowest BCUT2D eigenvalue weighted by atomic mass is 10.2. The summed E-state index contributed by atoms with van der Waals surface area (Å²) in [6, 6.07) is 14.5. The van der Waals surface area contributed by atoms with Gasteiger partial charge in [-0.15, -0.1) is 0 Å². The second-order valence-corrected chi connectivity index (χ2v) is 6.62. The third-order valence-electron chi connectivity index (χ3n) is 4.04. The fourth-order valence-corrected chi connectivity index (χ4v) is 2.79. The maximum Gasteiger partial charge on any atom is 0.255 e. The molecule has 0 saturated carbocycles. The topological polar surface area (TPSA) is 56.8 Å². The molecule has 1 aliphatic heterocycles. The minimum atomic E-state index is -0.169. The van der Waals surface area contributed by atoms with Crippen molar-refractivity contribution < 1.29 is 19.0 Å². The maximum atomic E-state index is 12.4. The van der Waals surface area contributed by atoms with Gasteiger partial charge in [0, 0.05) is 23.9 Å². The van der Waals surface area contributed by atoms with Crippen molar-refractivity contribution in [2.45, 2.75) is 38.9 Å². The van der Waals surface area contributed by atoms with Crippen LogP contribution in [0, 0.1) is 0 Å². The lowest BCUT2D eigenvalue weighted by Gasteiger charge is -2.12. The van der Waals surface area contributed by atoms with E-state index in [0.29, 0.717) is 17.9 Å². The van der Waals surface area contributed by atoms with Crippen molar-refractivity contribution in [3.8, 4) is 11.5 Å². The number of carbonyl (C=O) groups is 1. The zero-order valence-electron chi connectivity index (χ0n) is 15.2. The Morgan fingerprint density at radius 2 is 2.00 bits per heavy atom. The predicted molar refractivity (Wildman–Crippen MR) is 101 cm³/mol. The Balaban J connectivity index is 1.56. The van der Waals surface area contributed by atoms with Gasteiger partial charge in [-0.3, -0.25) is 4.79 Å². The van der Waals surface area contributed by atoms with Gasteiger partial charge < -0.3 is 19.5 Å². The first-order valence-corrected chi connectivity index (χ1v) is 9.03. The first-order valence-electron chi connectivity index (χ1n) is 9.03. The quantitative estimate of drug-likeness (QED) is 0.805. The Morgan fingerprint density at radius 3 is 2.69 bits per heavy atom. The second kappa shape index (κ2) is 8.72. The largest absolute Gasteiger partial charge is 0.491 e. The summed E-state index contributed by atoms with van der Waals surface area (Å²) in [7, 11) is 0. The standard InChI is InChI=1S/C21H25NO4/c1-15(2)26-19-6-3-5-17(13-19)22-21(23)16-8-10-18(11-9-16)25-14-20-7-4-12-24-20/h3,5-6,8-11,13,15,20H,4,7,12,14H2,1-2H3,(H,22,23). The molecule has 0 bridgehead atoms. The van der Waals surface area contributed by atoms with Crippen LogP contribution < -0.4 is 14.8 Å². The molecule has 5 nitrogen and oxygen atoms in total. The van der Waals surface area contributed by atoms with Gasteiger partial charge in [-0.2, -0.15) is 0 Å². The monoisotopic (exact) mass is 355 g/mol. The van der Waals surface area contributed by atoms with E-state index in [-0.39, 0.29) is 18.1 Å². The van der Waals surface area contributed by atoms with Crippen molar-refractivity contribution in [2.75, 3.05) is 18.5 Å². The van der Waals surface area contributed by atoms with Gasteiger partial charge in [-0.25, -0.2) is 0 Å². The molecule has 1 atom stereocenters.